The summed E-state index contributed by atoms with van der Waals surface area (Å²) in [6.45, 7) is 2.99. The van der Waals surface area contributed by atoms with Crippen LogP contribution in [-0.4, -0.2) is 30.9 Å². The minimum atomic E-state index is -4.41. The number of amides is 2. The summed E-state index contributed by atoms with van der Waals surface area (Å²) in [5.74, 6) is -0.896. The second-order valence-corrected chi connectivity index (χ2v) is 6.14. The van der Waals surface area contributed by atoms with Crippen LogP contribution in [0.2, 0.25) is 0 Å². The van der Waals surface area contributed by atoms with E-state index in [9.17, 15) is 22.8 Å². The Labute approximate surface area is 138 Å². The topological polar surface area (TPSA) is 76.6 Å². The smallest absolute Gasteiger partial charge is 0.369 e. The molecule has 1 aromatic rings. The van der Waals surface area contributed by atoms with Gasteiger partial charge in [0.1, 0.15) is 0 Å². The zero-order valence-corrected chi connectivity index (χ0v) is 13.3. The molecule has 5 nitrogen and oxygen atoms in total. The van der Waals surface area contributed by atoms with Gasteiger partial charge in [-0.2, -0.15) is 13.2 Å². The predicted molar refractivity (Wildman–Crippen MR) is 82.2 cm³/mol. The number of anilines is 1. The fraction of sp³-hybridized carbons (Fsp3) is 0.500. The van der Waals surface area contributed by atoms with Crippen molar-refractivity contribution in [1.29, 1.82) is 0 Å². The van der Waals surface area contributed by atoms with Gasteiger partial charge in [0.25, 0.3) is 5.91 Å². The molecule has 0 bridgehead atoms. The van der Waals surface area contributed by atoms with E-state index in [4.69, 9.17) is 5.73 Å². The Bertz CT molecular complexity index is 602. The molecule has 0 spiro atoms. The van der Waals surface area contributed by atoms with Crippen molar-refractivity contribution in [3.63, 3.8) is 0 Å². The number of piperidine rings is 1. The zero-order valence-electron chi connectivity index (χ0n) is 13.3. The van der Waals surface area contributed by atoms with Gasteiger partial charge in [0.2, 0.25) is 5.91 Å². The SMILES string of the molecule is C[C@H](C(=O)Nc1ccc(C(F)(F)F)cc1)[NH+]1CCC[C@H](C(N)=O)C1. The number of benzene rings is 1. The lowest BCUT2D eigenvalue weighted by Gasteiger charge is -2.31. The number of primary amides is 1. The minimum absolute atomic E-state index is 0.241. The molecule has 0 radical (unpaired) electrons. The number of carbonyl (C=O) groups is 2. The Hall–Kier alpha value is -2.09. The van der Waals surface area contributed by atoms with E-state index in [1.807, 2.05) is 0 Å². The highest BCUT2D eigenvalue weighted by Gasteiger charge is 2.33. The van der Waals surface area contributed by atoms with Crippen LogP contribution in [0.1, 0.15) is 25.3 Å². The molecule has 1 aromatic carbocycles. The standard InChI is InChI=1S/C16H20F3N3O2/c1-10(22-8-2-3-11(9-22)14(20)23)15(24)21-13-6-4-12(5-7-13)16(17,18)19/h4-7,10-11H,2-3,8-9H2,1H3,(H2,20,23)(H,21,24)/p+1/t10-,11+/m1/s1. The third kappa shape index (κ3) is 4.47. The van der Waals surface area contributed by atoms with Crippen LogP contribution >= 0.6 is 0 Å². The van der Waals surface area contributed by atoms with Crippen LogP contribution in [0.25, 0.3) is 0 Å². The highest BCUT2D eigenvalue weighted by molar-refractivity contribution is 5.93. The highest BCUT2D eigenvalue weighted by Crippen LogP contribution is 2.29. The van der Waals surface area contributed by atoms with Gasteiger partial charge in [0.15, 0.2) is 6.04 Å². The number of carbonyl (C=O) groups excluding carboxylic acids is 2. The molecule has 8 heteroatoms. The average molecular weight is 344 g/mol. The number of nitrogens with two attached hydrogens (primary N) is 1. The molecule has 0 saturated carbocycles. The molecule has 132 valence electrons. The number of alkyl halides is 3. The van der Waals surface area contributed by atoms with Crippen LogP contribution in [0.4, 0.5) is 18.9 Å². The van der Waals surface area contributed by atoms with Crippen molar-refractivity contribution in [2.75, 3.05) is 18.4 Å². The Kier molecular flexibility index (Phi) is 5.48. The van der Waals surface area contributed by atoms with Gasteiger partial charge in [-0.3, -0.25) is 9.59 Å². The van der Waals surface area contributed by atoms with Crippen molar-refractivity contribution in [2.24, 2.45) is 11.7 Å². The van der Waals surface area contributed by atoms with E-state index in [1.165, 1.54) is 12.1 Å². The van der Waals surface area contributed by atoms with Gasteiger partial charge >= 0.3 is 6.18 Å². The molecule has 24 heavy (non-hydrogen) atoms. The third-order valence-electron chi connectivity index (χ3n) is 4.45. The highest BCUT2D eigenvalue weighted by atomic mass is 19.4. The van der Waals surface area contributed by atoms with Gasteiger partial charge in [-0.15, -0.1) is 0 Å². The van der Waals surface area contributed by atoms with Crippen molar-refractivity contribution >= 4 is 17.5 Å². The summed E-state index contributed by atoms with van der Waals surface area (Å²) in [6, 6.07) is 3.89. The molecular formula is C16H21F3N3O2+. The molecule has 0 aliphatic carbocycles. The van der Waals surface area contributed by atoms with E-state index in [1.54, 1.807) is 6.92 Å². The molecule has 1 saturated heterocycles. The Morgan fingerprint density at radius 3 is 2.46 bits per heavy atom. The Balaban J connectivity index is 1.97. The number of nitrogens with one attached hydrogen (secondary N) is 2. The second-order valence-electron chi connectivity index (χ2n) is 6.14. The van der Waals surface area contributed by atoms with Crippen molar-refractivity contribution < 1.29 is 27.7 Å². The maximum Gasteiger partial charge on any atom is 0.416 e. The van der Waals surface area contributed by atoms with Crippen LogP contribution in [-0.2, 0) is 15.8 Å². The number of hydrogen-bond donors (Lipinski definition) is 3. The van der Waals surface area contributed by atoms with Crippen molar-refractivity contribution in [1.82, 2.24) is 0 Å². The van der Waals surface area contributed by atoms with Gasteiger partial charge in [0.05, 0.1) is 24.6 Å². The average Bonchev–Trinajstić information content (AvgIpc) is 2.53. The van der Waals surface area contributed by atoms with Crippen LogP contribution in [0.15, 0.2) is 24.3 Å². The lowest BCUT2D eigenvalue weighted by Crippen LogP contribution is -3.18. The molecule has 1 aliphatic heterocycles. The molecular weight excluding hydrogens is 323 g/mol. The normalized spacial score (nSPS) is 22.7. The van der Waals surface area contributed by atoms with Gasteiger partial charge < -0.3 is 16.0 Å². The van der Waals surface area contributed by atoms with Crippen molar-refractivity contribution in [2.45, 2.75) is 32.0 Å². The summed E-state index contributed by atoms with van der Waals surface area (Å²) in [7, 11) is 0. The van der Waals surface area contributed by atoms with E-state index >= 15 is 0 Å². The first kappa shape index (κ1) is 18.3. The maximum atomic E-state index is 12.5. The quantitative estimate of drug-likeness (QED) is 0.756. The minimum Gasteiger partial charge on any atom is -0.369 e. The molecule has 1 fully saturated rings. The number of halogens is 3. The van der Waals surface area contributed by atoms with Gasteiger partial charge in [-0.25, -0.2) is 0 Å². The van der Waals surface area contributed by atoms with E-state index in [0.29, 0.717) is 12.2 Å². The zero-order chi connectivity index (χ0) is 17.9. The van der Waals surface area contributed by atoms with Crippen LogP contribution in [0, 0.1) is 5.92 Å². The summed E-state index contributed by atoms with van der Waals surface area (Å²) in [5, 5.41) is 2.62. The summed E-state index contributed by atoms with van der Waals surface area (Å²) < 4.78 is 37.6. The second kappa shape index (κ2) is 7.21. The third-order valence-corrected chi connectivity index (χ3v) is 4.45. The summed E-state index contributed by atoms with van der Waals surface area (Å²) in [6.07, 6.45) is -2.87. The van der Waals surface area contributed by atoms with E-state index < -0.39 is 17.8 Å². The van der Waals surface area contributed by atoms with E-state index in [-0.39, 0.29) is 17.7 Å². The monoisotopic (exact) mass is 344 g/mol. The molecule has 1 aliphatic rings. The fourth-order valence-corrected chi connectivity index (χ4v) is 2.91. The lowest BCUT2D eigenvalue weighted by atomic mass is 9.96. The first-order valence-corrected chi connectivity index (χ1v) is 7.80. The molecule has 0 aromatic heterocycles. The largest absolute Gasteiger partial charge is 0.416 e. The van der Waals surface area contributed by atoms with Gasteiger partial charge in [0, 0.05) is 5.69 Å². The number of hydrogen-bond acceptors (Lipinski definition) is 2. The molecule has 4 N–H and O–H groups in total. The molecule has 2 amide bonds. The van der Waals surface area contributed by atoms with Crippen molar-refractivity contribution in [3.8, 4) is 0 Å². The molecule has 1 heterocycles. The predicted octanol–water partition coefficient (Wildman–Crippen LogP) is 0.813. The van der Waals surface area contributed by atoms with Gasteiger partial charge in [-0.1, -0.05) is 0 Å². The molecule has 3 atom stereocenters. The Morgan fingerprint density at radius 2 is 1.92 bits per heavy atom. The summed E-state index contributed by atoms with van der Waals surface area (Å²) >= 11 is 0. The van der Waals surface area contributed by atoms with Crippen molar-refractivity contribution in [3.05, 3.63) is 29.8 Å². The summed E-state index contributed by atoms with van der Waals surface area (Å²) in [4.78, 5) is 24.6. The lowest BCUT2D eigenvalue weighted by molar-refractivity contribution is -0.921. The number of rotatable bonds is 4. The van der Waals surface area contributed by atoms with Crippen LogP contribution < -0.4 is 16.0 Å². The number of likely N-dealkylation sites (tertiary alicyclic amines) is 1. The first-order valence-electron chi connectivity index (χ1n) is 7.80. The molecule has 1 unspecified atom stereocenters. The fourth-order valence-electron chi connectivity index (χ4n) is 2.91. The molecule has 2 rings (SSSR count). The first-order chi connectivity index (χ1) is 11.2. The van der Waals surface area contributed by atoms with E-state index in [0.717, 1.165) is 36.4 Å². The number of quaternary nitrogens is 1. The Morgan fingerprint density at radius 1 is 1.29 bits per heavy atom. The van der Waals surface area contributed by atoms with E-state index in [2.05, 4.69) is 5.32 Å². The van der Waals surface area contributed by atoms with Crippen LogP contribution in [0.3, 0.4) is 0 Å². The maximum absolute atomic E-state index is 12.5. The van der Waals surface area contributed by atoms with Gasteiger partial charge in [-0.05, 0) is 44.0 Å². The summed E-state index contributed by atoms with van der Waals surface area (Å²) in [5.41, 5.74) is 4.88. The van der Waals surface area contributed by atoms with Crippen LogP contribution in [0.5, 0.6) is 0 Å².